The fourth-order valence-corrected chi connectivity index (χ4v) is 2.90. The van der Waals surface area contributed by atoms with Gasteiger partial charge in [-0.2, -0.15) is 5.10 Å². The average molecular weight is 354 g/mol. The highest BCUT2D eigenvalue weighted by Crippen LogP contribution is 2.22. The van der Waals surface area contributed by atoms with Crippen LogP contribution in [0.5, 0.6) is 0 Å². The van der Waals surface area contributed by atoms with Gasteiger partial charge in [0.2, 0.25) is 0 Å². The second kappa shape index (κ2) is 5.58. The third-order valence-corrected chi connectivity index (χ3v) is 4.02. The van der Waals surface area contributed by atoms with Crippen molar-refractivity contribution in [2.24, 2.45) is 7.05 Å². The maximum atomic E-state index is 6.02. The summed E-state index contributed by atoms with van der Waals surface area (Å²) in [5.41, 5.74) is 3.31. The first-order chi connectivity index (χ1) is 9.67. The van der Waals surface area contributed by atoms with Crippen LogP contribution in [0.25, 0.3) is 11.0 Å². The molecule has 2 heterocycles. The zero-order chi connectivity index (χ0) is 14.1. The molecule has 1 aromatic carbocycles. The Hall–Kier alpha value is -1.33. The maximum absolute atomic E-state index is 6.02. The Morgan fingerprint density at radius 1 is 1.35 bits per heavy atom. The van der Waals surface area contributed by atoms with Gasteiger partial charge in [0.1, 0.15) is 5.82 Å². The molecule has 0 spiro atoms. The number of alkyl halides is 1. The van der Waals surface area contributed by atoms with Gasteiger partial charge in [0.05, 0.1) is 23.1 Å². The number of nitrogens with zero attached hydrogens (tertiary/aromatic N) is 4. The fraction of sp³-hybridized carbons (Fsp3) is 0.286. The van der Waals surface area contributed by atoms with Gasteiger partial charge in [0.15, 0.2) is 0 Å². The highest BCUT2D eigenvalue weighted by atomic mass is 79.9. The van der Waals surface area contributed by atoms with Crippen LogP contribution in [0, 0.1) is 0 Å². The molecular weight excluding hydrogens is 340 g/mol. The van der Waals surface area contributed by atoms with Crippen molar-refractivity contribution in [3.8, 4) is 0 Å². The summed E-state index contributed by atoms with van der Waals surface area (Å²) in [4.78, 5) is 4.59. The Morgan fingerprint density at radius 3 is 2.90 bits per heavy atom. The summed E-state index contributed by atoms with van der Waals surface area (Å²) in [5.74, 6) is 1.32. The fourth-order valence-electron chi connectivity index (χ4n) is 2.35. The van der Waals surface area contributed by atoms with E-state index in [9.17, 15) is 0 Å². The highest BCUT2D eigenvalue weighted by Gasteiger charge is 2.10. The molecule has 3 aromatic rings. The Kier molecular flexibility index (Phi) is 3.81. The summed E-state index contributed by atoms with van der Waals surface area (Å²) in [6.07, 6.45) is 4.85. The number of imidazole rings is 1. The van der Waals surface area contributed by atoms with E-state index in [2.05, 4.69) is 36.6 Å². The molecule has 3 rings (SSSR count). The smallest absolute Gasteiger partial charge is 0.124 e. The van der Waals surface area contributed by atoms with E-state index in [4.69, 9.17) is 11.6 Å². The molecule has 0 unspecified atom stereocenters. The third-order valence-electron chi connectivity index (χ3n) is 3.29. The molecule has 2 aromatic heterocycles. The van der Waals surface area contributed by atoms with Crippen LogP contribution in [-0.2, 0) is 25.9 Å². The van der Waals surface area contributed by atoms with Gasteiger partial charge < -0.3 is 4.57 Å². The molecule has 0 aliphatic rings. The largest absolute Gasteiger partial charge is 0.327 e. The summed E-state index contributed by atoms with van der Waals surface area (Å²) >= 11 is 9.49. The number of aromatic nitrogens is 4. The van der Waals surface area contributed by atoms with E-state index in [0.717, 1.165) is 34.3 Å². The lowest BCUT2D eigenvalue weighted by atomic mass is 10.2. The summed E-state index contributed by atoms with van der Waals surface area (Å²) in [7, 11) is 1.93. The molecule has 0 saturated heterocycles. The van der Waals surface area contributed by atoms with Gasteiger partial charge in [0.25, 0.3) is 0 Å². The van der Waals surface area contributed by atoms with E-state index in [1.165, 1.54) is 5.56 Å². The molecular formula is C14H14BrClN4. The summed E-state index contributed by atoms with van der Waals surface area (Å²) in [5, 5.41) is 4.19. The van der Waals surface area contributed by atoms with Crippen LogP contribution in [0.4, 0.5) is 0 Å². The van der Waals surface area contributed by atoms with Crippen LogP contribution in [0.3, 0.4) is 0 Å². The first-order valence-corrected chi connectivity index (χ1v) is 7.68. The van der Waals surface area contributed by atoms with Gasteiger partial charge in [-0.3, -0.25) is 4.68 Å². The molecule has 0 amide bonds. The highest BCUT2D eigenvalue weighted by molar-refractivity contribution is 9.10. The molecule has 0 saturated carbocycles. The Morgan fingerprint density at radius 2 is 2.20 bits per heavy atom. The normalized spacial score (nSPS) is 11.3. The van der Waals surface area contributed by atoms with E-state index in [-0.39, 0.29) is 0 Å². The monoisotopic (exact) mass is 352 g/mol. The van der Waals surface area contributed by atoms with E-state index in [1.54, 1.807) is 0 Å². The lowest BCUT2D eigenvalue weighted by Gasteiger charge is -2.06. The van der Waals surface area contributed by atoms with Crippen LogP contribution >= 0.6 is 27.5 Å². The van der Waals surface area contributed by atoms with Gasteiger partial charge in [-0.1, -0.05) is 15.9 Å². The van der Waals surface area contributed by atoms with Crippen molar-refractivity contribution in [2.45, 2.75) is 18.8 Å². The van der Waals surface area contributed by atoms with Gasteiger partial charge in [-0.25, -0.2) is 4.98 Å². The number of aryl methyl sites for hydroxylation is 3. The predicted molar refractivity (Wildman–Crippen MR) is 83.9 cm³/mol. The molecule has 4 nitrogen and oxygen atoms in total. The van der Waals surface area contributed by atoms with E-state index in [1.807, 2.05) is 36.3 Å². The maximum Gasteiger partial charge on any atom is 0.124 e. The van der Waals surface area contributed by atoms with Crippen LogP contribution in [0.2, 0.25) is 0 Å². The standard InChI is InChI=1S/C14H14BrClN4/c1-19-9-10(8-17-19)4-5-20-13-3-2-11(15)6-12(13)18-14(20)7-16/h2-3,6,8-9H,4-5,7H2,1H3. The molecule has 0 fully saturated rings. The Labute approximate surface area is 130 Å². The van der Waals surface area contributed by atoms with Crippen LogP contribution in [0.1, 0.15) is 11.4 Å². The molecule has 6 heteroatoms. The van der Waals surface area contributed by atoms with Crippen molar-refractivity contribution >= 4 is 38.6 Å². The Balaban J connectivity index is 1.93. The zero-order valence-electron chi connectivity index (χ0n) is 11.1. The number of hydrogen-bond acceptors (Lipinski definition) is 2. The lowest BCUT2D eigenvalue weighted by molar-refractivity contribution is 0.687. The third kappa shape index (κ3) is 2.60. The number of halogens is 2. The van der Waals surface area contributed by atoms with Crippen LogP contribution in [0.15, 0.2) is 35.1 Å². The van der Waals surface area contributed by atoms with Gasteiger partial charge in [0, 0.05) is 24.3 Å². The quantitative estimate of drug-likeness (QED) is 0.673. The zero-order valence-corrected chi connectivity index (χ0v) is 13.4. The molecule has 0 N–H and O–H groups in total. The molecule has 20 heavy (non-hydrogen) atoms. The van der Waals surface area contributed by atoms with Crippen molar-refractivity contribution in [1.29, 1.82) is 0 Å². The number of benzene rings is 1. The van der Waals surface area contributed by atoms with Crippen molar-refractivity contribution in [2.75, 3.05) is 0 Å². The topological polar surface area (TPSA) is 35.6 Å². The minimum Gasteiger partial charge on any atom is -0.327 e. The number of fused-ring (bicyclic) bond motifs is 1. The molecule has 0 atom stereocenters. The average Bonchev–Trinajstić information content (AvgIpc) is 2.99. The first kappa shape index (κ1) is 13.6. The number of hydrogen-bond donors (Lipinski definition) is 0. The van der Waals surface area contributed by atoms with E-state index < -0.39 is 0 Å². The summed E-state index contributed by atoms with van der Waals surface area (Å²) in [6, 6.07) is 6.13. The number of rotatable bonds is 4. The summed E-state index contributed by atoms with van der Waals surface area (Å²) in [6.45, 7) is 0.853. The SMILES string of the molecule is Cn1cc(CCn2c(CCl)nc3cc(Br)ccc32)cn1. The molecule has 0 bridgehead atoms. The molecule has 0 aliphatic carbocycles. The Bertz CT molecular complexity index is 747. The van der Waals surface area contributed by atoms with Gasteiger partial charge in [-0.05, 0) is 30.2 Å². The van der Waals surface area contributed by atoms with Gasteiger partial charge >= 0.3 is 0 Å². The van der Waals surface area contributed by atoms with Crippen LogP contribution in [-0.4, -0.2) is 19.3 Å². The van der Waals surface area contributed by atoms with Crippen molar-refractivity contribution < 1.29 is 0 Å². The van der Waals surface area contributed by atoms with Gasteiger partial charge in [-0.15, -0.1) is 11.6 Å². The summed E-state index contributed by atoms with van der Waals surface area (Å²) < 4.78 is 5.03. The predicted octanol–water partition coefficient (Wildman–Crippen LogP) is 3.51. The second-order valence-electron chi connectivity index (χ2n) is 4.72. The molecule has 0 radical (unpaired) electrons. The minimum atomic E-state index is 0.416. The molecule has 0 aliphatic heterocycles. The minimum absolute atomic E-state index is 0.416. The lowest BCUT2D eigenvalue weighted by Crippen LogP contribution is -2.04. The first-order valence-electron chi connectivity index (χ1n) is 6.35. The van der Waals surface area contributed by atoms with Crippen LogP contribution < -0.4 is 0 Å². The van der Waals surface area contributed by atoms with Crippen molar-refractivity contribution in [3.63, 3.8) is 0 Å². The van der Waals surface area contributed by atoms with Crippen molar-refractivity contribution in [3.05, 3.63) is 46.5 Å². The van der Waals surface area contributed by atoms with E-state index >= 15 is 0 Å². The van der Waals surface area contributed by atoms with E-state index in [0.29, 0.717) is 5.88 Å². The second-order valence-corrected chi connectivity index (χ2v) is 5.90. The molecule has 104 valence electrons. The van der Waals surface area contributed by atoms with Crippen molar-refractivity contribution in [1.82, 2.24) is 19.3 Å².